The second kappa shape index (κ2) is 5.25. The van der Waals surface area contributed by atoms with E-state index in [4.69, 9.17) is 11.6 Å². The minimum absolute atomic E-state index is 0.275. The Morgan fingerprint density at radius 1 is 1.38 bits per heavy atom. The standard InChI is InChI=1S/C11H11ClF3N/c1-2-3-6-16-10-7-8(11(13,14)15)4-5-9(10)12/h2-5,7,16H,6H2,1H3/b3-2+. The highest BCUT2D eigenvalue weighted by molar-refractivity contribution is 6.33. The predicted molar refractivity (Wildman–Crippen MR) is 59.8 cm³/mol. The third kappa shape index (κ3) is 3.45. The lowest BCUT2D eigenvalue weighted by molar-refractivity contribution is -0.137. The van der Waals surface area contributed by atoms with Crippen molar-refractivity contribution in [2.24, 2.45) is 0 Å². The lowest BCUT2D eigenvalue weighted by Crippen LogP contribution is -2.06. The van der Waals surface area contributed by atoms with Crippen LogP contribution in [0.2, 0.25) is 5.02 Å². The van der Waals surface area contributed by atoms with Crippen LogP contribution in [0.3, 0.4) is 0 Å². The fourth-order valence-electron chi connectivity index (χ4n) is 1.12. The van der Waals surface area contributed by atoms with Crippen molar-refractivity contribution >= 4 is 17.3 Å². The molecule has 0 atom stereocenters. The lowest BCUT2D eigenvalue weighted by atomic mass is 10.2. The molecule has 1 rings (SSSR count). The highest BCUT2D eigenvalue weighted by atomic mass is 35.5. The highest BCUT2D eigenvalue weighted by Gasteiger charge is 2.30. The second-order valence-electron chi connectivity index (χ2n) is 3.14. The number of nitrogens with one attached hydrogen (secondary N) is 1. The first kappa shape index (κ1) is 12.9. The Morgan fingerprint density at radius 3 is 2.62 bits per heavy atom. The molecule has 88 valence electrons. The molecule has 0 saturated carbocycles. The Labute approximate surface area is 96.9 Å². The first-order valence-corrected chi connectivity index (χ1v) is 5.04. The Bertz CT molecular complexity index is 385. The van der Waals surface area contributed by atoms with Gasteiger partial charge in [-0.05, 0) is 25.1 Å². The number of hydrogen-bond acceptors (Lipinski definition) is 1. The SMILES string of the molecule is C/C=C/CNc1cc(C(F)(F)F)ccc1Cl. The molecule has 0 amide bonds. The van der Waals surface area contributed by atoms with Gasteiger partial charge in [0.05, 0.1) is 16.3 Å². The van der Waals surface area contributed by atoms with Crippen molar-refractivity contribution in [2.45, 2.75) is 13.1 Å². The molecule has 0 aromatic heterocycles. The van der Waals surface area contributed by atoms with Gasteiger partial charge in [0, 0.05) is 6.54 Å². The summed E-state index contributed by atoms with van der Waals surface area (Å²) >= 11 is 5.77. The Morgan fingerprint density at radius 2 is 2.06 bits per heavy atom. The van der Waals surface area contributed by atoms with Gasteiger partial charge in [-0.1, -0.05) is 23.8 Å². The molecule has 0 radical (unpaired) electrons. The quantitative estimate of drug-likeness (QED) is 0.786. The first-order chi connectivity index (χ1) is 7.45. The Hall–Kier alpha value is -1.16. The zero-order valence-electron chi connectivity index (χ0n) is 8.61. The van der Waals surface area contributed by atoms with Crippen molar-refractivity contribution in [1.82, 2.24) is 0 Å². The number of hydrogen-bond donors (Lipinski definition) is 1. The maximum absolute atomic E-state index is 12.4. The van der Waals surface area contributed by atoms with Gasteiger partial charge in [-0.3, -0.25) is 0 Å². The van der Waals surface area contributed by atoms with Gasteiger partial charge in [-0.2, -0.15) is 13.2 Å². The van der Waals surface area contributed by atoms with Crippen molar-refractivity contribution in [2.75, 3.05) is 11.9 Å². The normalized spacial score (nSPS) is 12.1. The van der Waals surface area contributed by atoms with E-state index in [1.165, 1.54) is 6.07 Å². The first-order valence-electron chi connectivity index (χ1n) is 4.67. The summed E-state index contributed by atoms with van der Waals surface area (Å²) in [5.41, 5.74) is -0.422. The smallest absolute Gasteiger partial charge is 0.380 e. The number of rotatable bonds is 3. The van der Waals surface area contributed by atoms with E-state index in [0.717, 1.165) is 12.1 Å². The maximum Gasteiger partial charge on any atom is 0.416 e. The zero-order valence-corrected chi connectivity index (χ0v) is 9.36. The highest BCUT2D eigenvalue weighted by Crippen LogP contribution is 2.33. The maximum atomic E-state index is 12.4. The molecule has 0 aliphatic heterocycles. The third-order valence-electron chi connectivity index (χ3n) is 1.94. The van der Waals surface area contributed by atoms with E-state index < -0.39 is 11.7 Å². The Kier molecular flexibility index (Phi) is 4.24. The van der Waals surface area contributed by atoms with Crippen molar-refractivity contribution in [3.05, 3.63) is 40.9 Å². The average Bonchev–Trinajstić information content (AvgIpc) is 2.19. The number of allylic oxidation sites excluding steroid dienone is 1. The van der Waals surface area contributed by atoms with Gasteiger partial charge in [0.15, 0.2) is 0 Å². The monoisotopic (exact) mass is 249 g/mol. The minimum atomic E-state index is -4.35. The fraction of sp³-hybridized carbons (Fsp3) is 0.273. The predicted octanol–water partition coefficient (Wildman–Crippen LogP) is 4.35. The minimum Gasteiger partial charge on any atom is -0.380 e. The summed E-state index contributed by atoms with van der Waals surface area (Å²) in [6, 6.07) is 3.21. The summed E-state index contributed by atoms with van der Waals surface area (Å²) in [7, 11) is 0. The molecule has 1 N–H and O–H groups in total. The van der Waals surface area contributed by atoms with Crippen LogP contribution in [-0.4, -0.2) is 6.54 Å². The van der Waals surface area contributed by atoms with Gasteiger partial charge < -0.3 is 5.32 Å². The zero-order chi connectivity index (χ0) is 12.2. The molecule has 0 unspecified atom stereocenters. The van der Waals surface area contributed by atoms with Crippen LogP contribution in [0.4, 0.5) is 18.9 Å². The molecule has 0 fully saturated rings. The van der Waals surface area contributed by atoms with Gasteiger partial charge in [0.2, 0.25) is 0 Å². The summed E-state index contributed by atoms with van der Waals surface area (Å²) in [5.74, 6) is 0. The third-order valence-corrected chi connectivity index (χ3v) is 2.27. The molecule has 0 heterocycles. The molecule has 0 bridgehead atoms. The summed E-state index contributed by atoms with van der Waals surface area (Å²) in [4.78, 5) is 0. The molecule has 1 aromatic carbocycles. The molecule has 0 spiro atoms. The van der Waals surface area contributed by atoms with Crippen molar-refractivity contribution in [1.29, 1.82) is 0 Å². The lowest BCUT2D eigenvalue weighted by Gasteiger charge is -2.11. The number of benzene rings is 1. The van der Waals surface area contributed by atoms with E-state index in [9.17, 15) is 13.2 Å². The van der Waals surface area contributed by atoms with Crippen molar-refractivity contribution in [3.63, 3.8) is 0 Å². The van der Waals surface area contributed by atoms with Crippen LogP contribution in [0.15, 0.2) is 30.4 Å². The molecule has 1 nitrogen and oxygen atoms in total. The van der Waals surface area contributed by atoms with Crippen LogP contribution in [-0.2, 0) is 6.18 Å². The fourth-order valence-corrected chi connectivity index (χ4v) is 1.31. The van der Waals surface area contributed by atoms with E-state index in [1.807, 2.05) is 6.92 Å². The molecule has 0 aliphatic rings. The van der Waals surface area contributed by atoms with Gasteiger partial charge in [0.1, 0.15) is 0 Å². The summed E-state index contributed by atoms with van der Waals surface area (Å²) in [6.45, 7) is 2.27. The van der Waals surface area contributed by atoms with Gasteiger partial charge >= 0.3 is 6.18 Å². The van der Waals surface area contributed by atoms with Crippen molar-refractivity contribution in [3.8, 4) is 0 Å². The summed E-state index contributed by atoms with van der Waals surface area (Å²) in [5, 5.41) is 3.08. The van der Waals surface area contributed by atoms with E-state index >= 15 is 0 Å². The van der Waals surface area contributed by atoms with Gasteiger partial charge in [-0.15, -0.1) is 0 Å². The second-order valence-corrected chi connectivity index (χ2v) is 3.55. The van der Waals surface area contributed by atoms with E-state index in [0.29, 0.717) is 6.54 Å². The largest absolute Gasteiger partial charge is 0.416 e. The number of alkyl halides is 3. The topological polar surface area (TPSA) is 12.0 Å². The van der Waals surface area contributed by atoms with Crippen LogP contribution in [0.5, 0.6) is 0 Å². The number of halogens is 4. The van der Waals surface area contributed by atoms with Crippen LogP contribution >= 0.6 is 11.6 Å². The molecule has 5 heteroatoms. The van der Waals surface area contributed by atoms with Crippen LogP contribution in [0, 0.1) is 0 Å². The van der Waals surface area contributed by atoms with Crippen molar-refractivity contribution < 1.29 is 13.2 Å². The average molecular weight is 250 g/mol. The summed E-state index contributed by atoms with van der Waals surface area (Å²) < 4.78 is 37.2. The van der Waals surface area contributed by atoms with E-state index in [2.05, 4.69) is 5.32 Å². The van der Waals surface area contributed by atoms with Crippen LogP contribution in [0.1, 0.15) is 12.5 Å². The van der Waals surface area contributed by atoms with Gasteiger partial charge in [0.25, 0.3) is 0 Å². The number of anilines is 1. The molecule has 0 saturated heterocycles. The molecular formula is C11H11ClF3N. The Balaban J connectivity index is 2.91. The van der Waals surface area contributed by atoms with E-state index in [-0.39, 0.29) is 10.7 Å². The van der Waals surface area contributed by atoms with E-state index in [1.54, 1.807) is 12.2 Å². The summed E-state index contributed by atoms with van der Waals surface area (Å²) in [6.07, 6.45) is -0.757. The van der Waals surface area contributed by atoms with Crippen LogP contribution in [0.25, 0.3) is 0 Å². The molecule has 16 heavy (non-hydrogen) atoms. The van der Waals surface area contributed by atoms with Gasteiger partial charge in [-0.25, -0.2) is 0 Å². The van der Waals surface area contributed by atoms with Crippen LogP contribution < -0.4 is 5.32 Å². The molecular weight excluding hydrogens is 239 g/mol. The molecule has 1 aromatic rings. The molecule has 0 aliphatic carbocycles.